The molecule has 0 radical (unpaired) electrons. The van der Waals surface area contributed by atoms with Crippen LogP contribution in [0.15, 0.2) is 54.6 Å². The summed E-state index contributed by atoms with van der Waals surface area (Å²) in [6.07, 6.45) is 0. The highest BCUT2D eigenvalue weighted by atomic mass is 35.5. The lowest BCUT2D eigenvalue weighted by atomic mass is 9.92. The molecule has 0 saturated heterocycles. The molecule has 0 aliphatic heterocycles. The molecule has 1 aromatic heterocycles. The van der Waals surface area contributed by atoms with Crippen molar-refractivity contribution in [3.05, 3.63) is 75.9 Å². The van der Waals surface area contributed by atoms with Gasteiger partial charge in [-0.1, -0.05) is 50.0 Å². The van der Waals surface area contributed by atoms with Crippen LogP contribution in [0.5, 0.6) is 0 Å². The number of anilines is 1. The van der Waals surface area contributed by atoms with Crippen LogP contribution < -0.4 is 5.32 Å². The van der Waals surface area contributed by atoms with Gasteiger partial charge < -0.3 is 10.2 Å². The van der Waals surface area contributed by atoms with Crippen LogP contribution in [0, 0.1) is 0 Å². The van der Waals surface area contributed by atoms with Crippen molar-refractivity contribution in [3.8, 4) is 5.69 Å². The first-order chi connectivity index (χ1) is 14.5. The van der Waals surface area contributed by atoms with E-state index in [0.717, 1.165) is 11.4 Å². The monoisotopic (exact) mass is 458 g/mol. The first-order valence-corrected chi connectivity index (χ1v) is 10.5. The lowest BCUT2D eigenvalue weighted by Crippen LogP contribution is -2.35. The van der Waals surface area contributed by atoms with Crippen molar-refractivity contribution in [1.82, 2.24) is 14.7 Å². The number of carbonyl (C=O) groups is 2. The van der Waals surface area contributed by atoms with Crippen LogP contribution >= 0.6 is 23.2 Å². The van der Waals surface area contributed by atoms with Gasteiger partial charge in [0, 0.05) is 34.1 Å². The molecule has 8 heteroatoms. The lowest BCUT2D eigenvalue weighted by molar-refractivity contribution is -0.116. The second-order valence-corrected chi connectivity index (χ2v) is 9.15. The summed E-state index contributed by atoms with van der Waals surface area (Å²) in [6.45, 7) is 6.02. The highest BCUT2D eigenvalue weighted by Crippen LogP contribution is 2.27. The van der Waals surface area contributed by atoms with Crippen molar-refractivity contribution >= 4 is 40.8 Å². The first kappa shape index (κ1) is 22.8. The molecule has 31 heavy (non-hydrogen) atoms. The molecule has 0 aliphatic carbocycles. The summed E-state index contributed by atoms with van der Waals surface area (Å²) in [5.74, 6) is -0.117. The van der Waals surface area contributed by atoms with Crippen molar-refractivity contribution in [2.75, 3.05) is 18.9 Å². The van der Waals surface area contributed by atoms with Gasteiger partial charge in [-0.15, -0.1) is 0 Å². The van der Waals surface area contributed by atoms with Gasteiger partial charge in [0.15, 0.2) is 0 Å². The second kappa shape index (κ2) is 9.12. The van der Waals surface area contributed by atoms with Crippen LogP contribution in [0.2, 0.25) is 10.0 Å². The Labute approximate surface area is 191 Å². The Kier molecular flexibility index (Phi) is 6.72. The molecule has 6 nitrogen and oxygen atoms in total. The summed E-state index contributed by atoms with van der Waals surface area (Å²) in [5, 5.41) is 8.62. The van der Waals surface area contributed by atoms with Gasteiger partial charge in [-0.25, -0.2) is 4.68 Å². The van der Waals surface area contributed by atoms with E-state index in [0.29, 0.717) is 21.4 Å². The van der Waals surface area contributed by atoms with Crippen LogP contribution in [0.3, 0.4) is 0 Å². The first-order valence-electron chi connectivity index (χ1n) is 9.72. The quantitative estimate of drug-likeness (QED) is 0.571. The average molecular weight is 459 g/mol. The summed E-state index contributed by atoms with van der Waals surface area (Å²) in [5.41, 5.74) is 1.79. The molecule has 0 aliphatic rings. The number of hydrogen-bond donors (Lipinski definition) is 1. The SMILES string of the molecule is CN(CC(=O)Nc1cc(C(C)(C)C)nn1-c1ccc(Cl)cc1)C(=O)c1cccc(Cl)c1. The van der Waals surface area contributed by atoms with Gasteiger partial charge in [0.05, 0.1) is 17.9 Å². The van der Waals surface area contributed by atoms with E-state index < -0.39 is 0 Å². The molecular weight excluding hydrogens is 435 g/mol. The molecule has 0 spiro atoms. The summed E-state index contributed by atoms with van der Waals surface area (Å²) >= 11 is 12.0. The third-order valence-electron chi connectivity index (χ3n) is 4.62. The van der Waals surface area contributed by atoms with Crippen LogP contribution in [0.4, 0.5) is 5.82 Å². The Morgan fingerprint density at radius 2 is 1.71 bits per heavy atom. The number of aromatic nitrogens is 2. The van der Waals surface area contributed by atoms with Gasteiger partial charge in [-0.05, 0) is 42.5 Å². The highest BCUT2D eigenvalue weighted by Gasteiger charge is 2.22. The van der Waals surface area contributed by atoms with E-state index in [1.54, 1.807) is 48.1 Å². The van der Waals surface area contributed by atoms with Gasteiger partial charge in [0.1, 0.15) is 5.82 Å². The summed E-state index contributed by atoms with van der Waals surface area (Å²) in [6, 6.07) is 15.6. The Bertz CT molecular complexity index is 1100. The minimum atomic E-state index is -0.339. The molecule has 1 N–H and O–H groups in total. The van der Waals surface area contributed by atoms with E-state index in [2.05, 4.69) is 10.4 Å². The summed E-state index contributed by atoms with van der Waals surface area (Å²) in [7, 11) is 1.57. The molecule has 0 fully saturated rings. The van der Waals surface area contributed by atoms with Crippen LogP contribution in [0.1, 0.15) is 36.8 Å². The number of likely N-dealkylation sites (N-methyl/N-ethyl adjacent to an activating group) is 1. The molecule has 0 atom stereocenters. The van der Waals surface area contributed by atoms with E-state index >= 15 is 0 Å². The fraction of sp³-hybridized carbons (Fsp3) is 0.261. The topological polar surface area (TPSA) is 67.2 Å². The molecule has 162 valence electrons. The van der Waals surface area contributed by atoms with E-state index in [-0.39, 0.29) is 23.8 Å². The normalized spacial score (nSPS) is 11.3. The second-order valence-electron chi connectivity index (χ2n) is 8.27. The lowest BCUT2D eigenvalue weighted by Gasteiger charge is -2.17. The predicted octanol–water partition coefficient (Wildman–Crippen LogP) is 5.19. The van der Waals surface area contributed by atoms with Crippen molar-refractivity contribution in [2.24, 2.45) is 0 Å². The highest BCUT2D eigenvalue weighted by molar-refractivity contribution is 6.31. The van der Waals surface area contributed by atoms with Crippen LogP contribution in [-0.4, -0.2) is 40.1 Å². The zero-order chi connectivity index (χ0) is 22.8. The zero-order valence-electron chi connectivity index (χ0n) is 17.8. The van der Waals surface area contributed by atoms with Crippen molar-refractivity contribution in [3.63, 3.8) is 0 Å². The third kappa shape index (κ3) is 5.66. The molecule has 0 saturated carbocycles. The maximum atomic E-state index is 12.7. The van der Waals surface area contributed by atoms with E-state index in [1.807, 2.05) is 39.0 Å². The molecule has 0 bridgehead atoms. The summed E-state index contributed by atoms with van der Waals surface area (Å²) < 4.78 is 1.66. The number of amides is 2. The molecule has 1 heterocycles. The predicted molar refractivity (Wildman–Crippen MR) is 124 cm³/mol. The standard InChI is InChI=1S/C23H24Cl2N4O2/c1-23(2,3)19-13-20(29(27-19)18-10-8-16(24)9-11-18)26-21(30)14-28(4)22(31)15-6-5-7-17(25)12-15/h5-13H,14H2,1-4H3,(H,26,30). The number of benzene rings is 2. The number of halogens is 2. The smallest absolute Gasteiger partial charge is 0.254 e. The van der Waals surface area contributed by atoms with E-state index in [9.17, 15) is 9.59 Å². The molecule has 3 aromatic rings. The minimum absolute atomic E-state index is 0.123. The molecule has 0 unspecified atom stereocenters. The molecule has 3 rings (SSSR count). The largest absolute Gasteiger partial charge is 0.332 e. The van der Waals surface area contributed by atoms with Gasteiger partial charge >= 0.3 is 0 Å². The Morgan fingerprint density at radius 1 is 1.03 bits per heavy atom. The fourth-order valence-corrected chi connectivity index (χ4v) is 3.24. The van der Waals surface area contributed by atoms with Gasteiger partial charge in [-0.2, -0.15) is 5.10 Å². The summed E-state index contributed by atoms with van der Waals surface area (Å²) in [4.78, 5) is 26.7. The van der Waals surface area contributed by atoms with Gasteiger partial charge in [0.25, 0.3) is 5.91 Å². The average Bonchev–Trinajstić information content (AvgIpc) is 3.12. The number of carbonyl (C=O) groups excluding carboxylic acids is 2. The Hall–Kier alpha value is -2.83. The Balaban J connectivity index is 1.80. The molecule has 2 aromatic carbocycles. The van der Waals surface area contributed by atoms with E-state index in [4.69, 9.17) is 23.2 Å². The number of hydrogen-bond acceptors (Lipinski definition) is 3. The Morgan fingerprint density at radius 3 is 2.32 bits per heavy atom. The van der Waals surface area contributed by atoms with E-state index in [1.165, 1.54) is 4.90 Å². The van der Waals surface area contributed by atoms with Gasteiger partial charge in [-0.3, -0.25) is 9.59 Å². The minimum Gasteiger partial charge on any atom is -0.332 e. The van der Waals surface area contributed by atoms with Crippen molar-refractivity contribution in [1.29, 1.82) is 0 Å². The third-order valence-corrected chi connectivity index (χ3v) is 5.10. The van der Waals surface area contributed by atoms with Crippen LogP contribution in [0.25, 0.3) is 5.69 Å². The maximum absolute atomic E-state index is 12.7. The molecule has 2 amide bonds. The van der Waals surface area contributed by atoms with Crippen molar-refractivity contribution in [2.45, 2.75) is 26.2 Å². The zero-order valence-corrected chi connectivity index (χ0v) is 19.3. The fourth-order valence-electron chi connectivity index (χ4n) is 2.93. The van der Waals surface area contributed by atoms with Crippen LogP contribution in [-0.2, 0) is 10.2 Å². The maximum Gasteiger partial charge on any atom is 0.254 e. The van der Waals surface area contributed by atoms with Gasteiger partial charge in [0.2, 0.25) is 5.91 Å². The molecular formula is C23H24Cl2N4O2. The number of rotatable bonds is 5. The number of nitrogens with zero attached hydrogens (tertiary/aromatic N) is 3. The van der Waals surface area contributed by atoms with Crippen molar-refractivity contribution < 1.29 is 9.59 Å². The number of nitrogens with one attached hydrogen (secondary N) is 1.